The molecule has 0 aliphatic carbocycles. The van der Waals surface area contributed by atoms with E-state index >= 15 is 0 Å². The van der Waals surface area contributed by atoms with E-state index in [9.17, 15) is 22.0 Å². The molecule has 0 spiro atoms. The molecule has 0 unspecified atom stereocenters. The number of nitrogen functional groups attached to an aromatic ring is 1. The molecule has 0 aliphatic heterocycles. The highest BCUT2D eigenvalue weighted by molar-refractivity contribution is 6.29. The number of aromatic amines is 1. The molecular weight excluding hydrogens is 447 g/mol. The van der Waals surface area contributed by atoms with E-state index in [4.69, 9.17) is 22.1 Å². The Morgan fingerprint density at radius 1 is 1.10 bits per heavy atom. The largest absolute Gasteiger partial charge is 0.450 e. The van der Waals surface area contributed by atoms with Gasteiger partial charge in [-0.25, -0.2) is 18.7 Å². The fourth-order valence-electron chi connectivity index (χ4n) is 2.82. The van der Waals surface area contributed by atoms with Crippen LogP contribution in [0.1, 0.15) is 5.56 Å². The summed E-state index contributed by atoms with van der Waals surface area (Å²) in [5.41, 5.74) is 4.15. The van der Waals surface area contributed by atoms with E-state index in [0.29, 0.717) is 6.20 Å². The Balaban J connectivity index is 1.70. The fourth-order valence-corrected chi connectivity index (χ4v) is 3.01. The van der Waals surface area contributed by atoms with Gasteiger partial charge in [0, 0.05) is 36.3 Å². The van der Waals surface area contributed by atoms with Crippen LogP contribution in [0.25, 0.3) is 11.0 Å². The van der Waals surface area contributed by atoms with Crippen LogP contribution in [0.2, 0.25) is 5.15 Å². The number of H-pyrrole nitrogens is 1. The van der Waals surface area contributed by atoms with Crippen molar-refractivity contribution >= 4 is 40.1 Å². The topological polar surface area (TPSA) is 102 Å². The molecule has 0 atom stereocenters. The third-order valence-electron chi connectivity index (χ3n) is 4.04. The number of nitrogens with zero attached hydrogens (tertiary/aromatic N) is 3. The Labute approximate surface area is 175 Å². The zero-order chi connectivity index (χ0) is 22.3. The van der Waals surface area contributed by atoms with E-state index in [1.165, 1.54) is 6.07 Å². The molecule has 3 aromatic heterocycles. The Bertz CT molecular complexity index is 1250. The van der Waals surface area contributed by atoms with Crippen molar-refractivity contribution in [2.24, 2.45) is 0 Å². The zero-order valence-corrected chi connectivity index (χ0v) is 15.8. The van der Waals surface area contributed by atoms with Crippen LogP contribution in [0.15, 0.2) is 36.7 Å². The summed E-state index contributed by atoms with van der Waals surface area (Å²) in [5.74, 6) is -3.76. The molecule has 4 N–H and O–H groups in total. The third kappa shape index (κ3) is 4.14. The number of nitrogens with two attached hydrogens (primary N) is 1. The monoisotopic (exact) mass is 456 g/mol. The van der Waals surface area contributed by atoms with Crippen molar-refractivity contribution in [1.29, 1.82) is 0 Å². The van der Waals surface area contributed by atoms with Crippen LogP contribution in [0.5, 0.6) is 11.5 Å². The van der Waals surface area contributed by atoms with Crippen molar-refractivity contribution in [3.63, 3.8) is 0 Å². The average molecular weight is 457 g/mol. The number of alkyl halides is 3. The van der Waals surface area contributed by atoms with Gasteiger partial charge in [0.2, 0.25) is 5.95 Å². The summed E-state index contributed by atoms with van der Waals surface area (Å²) in [6.07, 6.45) is -2.89. The molecule has 160 valence electrons. The Morgan fingerprint density at radius 2 is 1.81 bits per heavy atom. The summed E-state index contributed by atoms with van der Waals surface area (Å²) in [7, 11) is 0. The first-order chi connectivity index (χ1) is 14.6. The second-order valence-corrected chi connectivity index (χ2v) is 6.55. The smallest absolute Gasteiger partial charge is 0.418 e. The van der Waals surface area contributed by atoms with Gasteiger partial charge in [0.05, 0.1) is 10.9 Å². The van der Waals surface area contributed by atoms with Gasteiger partial charge in [-0.1, -0.05) is 11.6 Å². The summed E-state index contributed by atoms with van der Waals surface area (Å²) in [6, 6.07) is 4.08. The van der Waals surface area contributed by atoms with Crippen molar-refractivity contribution in [3.05, 3.63) is 59.0 Å². The second kappa shape index (κ2) is 7.54. The molecular formula is C18H10ClF5N6O. The van der Waals surface area contributed by atoms with Crippen LogP contribution in [-0.2, 0) is 6.18 Å². The first-order valence-electron chi connectivity index (χ1n) is 8.39. The molecule has 0 amide bonds. The van der Waals surface area contributed by atoms with Crippen LogP contribution in [-0.4, -0.2) is 19.9 Å². The summed E-state index contributed by atoms with van der Waals surface area (Å²) < 4.78 is 74.1. The van der Waals surface area contributed by atoms with Gasteiger partial charge >= 0.3 is 6.18 Å². The Hall–Kier alpha value is -3.67. The number of hydrogen-bond acceptors (Lipinski definition) is 6. The molecule has 0 saturated carbocycles. The van der Waals surface area contributed by atoms with Gasteiger partial charge < -0.3 is 20.8 Å². The summed E-state index contributed by atoms with van der Waals surface area (Å²) in [4.78, 5) is 13.6. The molecule has 1 aromatic carbocycles. The molecule has 4 aromatic rings. The highest BCUT2D eigenvalue weighted by Gasteiger charge is 2.35. The van der Waals surface area contributed by atoms with Gasteiger partial charge in [-0.3, -0.25) is 0 Å². The minimum Gasteiger partial charge on any atom is -0.450 e. The summed E-state index contributed by atoms with van der Waals surface area (Å²) >= 11 is 5.75. The van der Waals surface area contributed by atoms with Crippen molar-refractivity contribution in [2.45, 2.75) is 6.18 Å². The van der Waals surface area contributed by atoms with Crippen molar-refractivity contribution in [2.75, 3.05) is 11.1 Å². The number of fused-ring (bicyclic) bond motifs is 1. The summed E-state index contributed by atoms with van der Waals surface area (Å²) in [6.45, 7) is 0. The van der Waals surface area contributed by atoms with Gasteiger partial charge in [-0.15, -0.1) is 0 Å². The maximum absolute atomic E-state index is 14.6. The lowest BCUT2D eigenvalue weighted by atomic mass is 10.2. The number of aromatic nitrogens is 4. The van der Waals surface area contributed by atoms with Crippen LogP contribution in [0.4, 0.5) is 39.4 Å². The maximum atomic E-state index is 14.6. The molecule has 0 aliphatic rings. The highest BCUT2D eigenvalue weighted by atomic mass is 35.5. The number of benzene rings is 1. The quantitative estimate of drug-likeness (QED) is 0.280. The molecule has 0 saturated heterocycles. The maximum Gasteiger partial charge on any atom is 0.418 e. The van der Waals surface area contributed by atoms with E-state index < -0.39 is 40.3 Å². The van der Waals surface area contributed by atoms with E-state index in [2.05, 4.69) is 25.3 Å². The van der Waals surface area contributed by atoms with Gasteiger partial charge in [0.25, 0.3) is 0 Å². The number of anilines is 3. The SMILES string of the molecule is Nc1nc(Cl)cc(Nc2cc(F)c(Oc3ccnc4[nH]cc(C(F)(F)F)c34)c(F)c2)n1. The van der Waals surface area contributed by atoms with Crippen molar-refractivity contribution < 1.29 is 26.7 Å². The van der Waals surface area contributed by atoms with Crippen LogP contribution in [0, 0.1) is 11.6 Å². The predicted octanol–water partition coefficient (Wildman–Crippen LogP) is 5.42. The standard InChI is InChI=1S/C18H10ClF5N6O/c19-12-5-13(30-17(25)29-12)28-7-3-9(20)15(10(21)4-7)31-11-1-2-26-16-14(11)8(6-27-16)18(22,23)24/h1-6H,(H,26,27)(H3,25,28,29,30). The molecule has 3 heterocycles. The second-order valence-electron chi connectivity index (χ2n) is 6.16. The van der Waals surface area contributed by atoms with E-state index in [1.54, 1.807) is 0 Å². The Morgan fingerprint density at radius 3 is 2.45 bits per heavy atom. The molecule has 0 radical (unpaired) electrons. The molecule has 31 heavy (non-hydrogen) atoms. The molecule has 4 rings (SSSR count). The van der Waals surface area contributed by atoms with Gasteiger partial charge in [0.15, 0.2) is 17.4 Å². The predicted molar refractivity (Wildman–Crippen MR) is 102 cm³/mol. The number of nitrogens with one attached hydrogen (secondary N) is 2. The van der Waals surface area contributed by atoms with Gasteiger partial charge in [-0.05, 0) is 6.07 Å². The number of ether oxygens (including phenoxy) is 1. The van der Waals surface area contributed by atoms with E-state index in [-0.39, 0.29) is 28.3 Å². The first kappa shape index (κ1) is 20.6. The van der Waals surface area contributed by atoms with Gasteiger partial charge in [-0.2, -0.15) is 18.2 Å². The minimum atomic E-state index is -4.73. The van der Waals surface area contributed by atoms with Gasteiger partial charge in [0.1, 0.15) is 22.4 Å². The molecule has 0 bridgehead atoms. The highest BCUT2D eigenvalue weighted by Crippen LogP contribution is 2.41. The van der Waals surface area contributed by atoms with Crippen LogP contribution >= 0.6 is 11.6 Å². The zero-order valence-electron chi connectivity index (χ0n) is 15.1. The number of pyridine rings is 1. The average Bonchev–Trinajstić information content (AvgIpc) is 3.09. The first-order valence-corrected chi connectivity index (χ1v) is 8.77. The third-order valence-corrected chi connectivity index (χ3v) is 4.23. The van der Waals surface area contributed by atoms with Crippen LogP contribution in [0.3, 0.4) is 0 Å². The molecule has 7 nitrogen and oxygen atoms in total. The minimum absolute atomic E-state index is 0.00423. The Kier molecular flexibility index (Phi) is 5.01. The van der Waals surface area contributed by atoms with Crippen molar-refractivity contribution in [1.82, 2.24) is 19.9 Å². The number of hydrogen-bond donors (Lipinski definition) is 3. The summed E-state index contributed by atoms with van der Waals surface area (Å²) in [5, 5.41) is 2.15. The van der Waals surface area contributed by atoms with E-state index in [1.807, 2.05) is 0 Å². The lowest BCUT2D eigenvalue weighted by Gasteiger charge is -2.13. The number of rotatable bonds is 4. The molecule has 0 fully saturated rings. The number of halogens is 6. The van der Waals surface area contributed by atoms with Crippen molar-refractivity contribution in [3.8, 4) is 11.5 Å². The fraction of sp³-hybridized carbons (Fsp3) is 0.0556. The molecule has 13 heteroatoms. The normalized spacial score (nSPS) is 11.7. The van der Waals surface area contributed by atoms with Crippen LogP contribution < -0.4 is 15.8 Å². The lowest BCUT2D eigenvalue weighted by Crippen LogP contribution is -2.04. The van der Waals surface area contributed by atoms with E-state index in [0.717, 1.165) is 24.4 Å². The lowest BCUT2D eigenvalue weighted by molar-refractivity contribution is -0.136.